The van der Waals surface area contributed by atoms with Gasteiger partial charge in [0.05, 0.1) is 16.2 Å². The fraction of sp³-hybridized carbons (Fsp3) is 0.438. The highest BCUT2D eigenvalue weighted by molar-refractivity contribution is 5.99. The molecule has 0 aliphatic rings. The highest BCUT2D eigenvalue weighted by atomic mass is 16.6. The van der Waals surface area contributed by atoms with Crippen LogP contribution in [-0.2, 0) is 9.53 Å². The van der Waals surface area contributed by atoms with Crippen molar-refractivity contribution in [2.45, 2.75) is 13.8 Å². The third-order valence-corrected chi connectivity index (χ3v) is 3.15. The van der Waals surface area contributed by atoms with Crippen LogP contribution in [0, 0.1) is 16.0 Å². The SMILES string of the molecule is CC(C)CNC(=O)NC(=O)COC(=O)c1cc([N+](=O)[O-])ccc1N(C)C. The fourth-order valence-corrected chi connectivity index (χ4v) is 1.90. The second kappa shape index (κ2) is 9.35. The molecule has 142 valence electrons. The third-order valence-electron chi connectivity index (χ3n) is 3.15. The molecule has 0 saturated heterocycles. The number of imide groups is 1. The first kappa shape index (κ1) is 20.9. The van der Waals surface area contributed by atoms with E-state index in [9.17, 15) is 24.5 Å². The van der Waals surface area contributed by atoms with E-state index in [1.807, 2.05) is 19.2 Å². The lowest BCUT2D eigenvalue weighted by Gasteiger charge is -2.16. The fourth-order valence-electron chi connectivity index (χ4n) is 1.90. The van der Waals surface area contributed by atoms with Gasteiger partial charge in [-0.15, -0.1) is 0 Å². The number of anilines is 1. The number of nitrogens with zero attached hydrogens (tertiary/aromatic N) is 2. The highest BCUT2D eigenvalue weighted by Crippen LogP contribution is 2.24. The number of amides is 3. The molecule has 0 fully saturated rings. The Kier molecular flexibility index (Phi) is 7.51. The largest absolute Gasteiger partial charge is 0.452 e. The molecular formula is C16H22N4O6. The second-order valence-corrected chi connectivity index (χ2v) is 6.08. The van der Waals surface area contributed by atoms with Crippen LogP contribution in [0.1, 0.15) is 24.2 Å². The maximum atomic E-state index is 12.2. The minimum atomic E-state index is -0.907. The smallest absolute Gasteiger partial charge is 0.341 e. The van der Waals surface area contributed by atoms with Crippen LogP contribution in [0.3, 0.4) is 0 Å². The number of rotatable bonds is 7. The van der Waals surface area contributed by atoms with E-state index in [0.717, 1.165) is 6.07 Å². The molecule has 0 aliphatic heterocycles. The molecule has 26 heavy (non-hydrogen) atoms. The molecule has 1 rings (SSSR count). The van der Waals surface area contributed by atoms with E-state index in [2.05, 4.69) is 5.32 Å². The Hall–Kier alpha value is -3.17. The van der Waals surface area contributed by atoms with Crippen molar-refractivity contribution < 1.29 is 24.0 Å². The van der Waals surface area contributed by atoms with Gasteiger partial charge in [-0.05, 0) is 12.0 Å². The molecule has 1 aromatic rings. The first-order valence-electron chi connectivity index (χ1n) is 7.82. The number of nitrogens with one attached hydrogen (secondary N) is 2. The Bertz CT molecular complexity index is 702. The van der Waals surface area contributed by atoms with Gasteiger partial charge >= 0.3 is 12.0 Å². The molecule has 0 atom stereocenters. The maximum Gasteiger partial charge on any atom is 0.341 e. The first-order chi connectivity index (χ1) is 12.1. The molecule has 0 spiro atoms. The third kappa shape index (κ3) is 6.38. The van der Waals surface area contributed by atoms with Crippen LogP contribution in [0.2, 0.25) is 0 Å². The summed E-state index contributed by atoms with van der Waals surface area (Å²) >= 11 is 0. The van der Waals surface area contributed by atoms with Crippen molar-refractivity contribution in [3.05, 3.63) is 33.9 Å². The number of nitro groups is 1. The van der Waals surface area contributed by atoms with Gasteiger partial charge in [-0.3, -0.25) is 20.2 Å². The number of hydrogen-bond acceptors (Lipinski definition) is 7. The predicted molar refractivity (Wildman–Crippen MR) is 94.1 cm³/mol. The van der Waals surface area contributed by atoms with E-state index < -0.39 is 29.4 Å². The van der Waals surface area contributed by atoms with Gasteiger partial charge in [0, 0.05) is 32.8 Å². The van der Waals surface area contributed by atoms with Crippen molar-refractivity contribution in [2.75, 3.05) is 32.1 Å². The van der Waals surface area contributed by atoms with E-state index in [-0.39, 0.29) is 17.2 Å². The van der Waals surface area contributed by atoms with Crippen molar-refractivity contribution in [3.8, 4) is 0 Å². The molecule has 10 nitrogen and oxygen atoms in total. The standard InChI is InChI=1S/C16H22N4O6/c1-10(2)8-17-16(23)18-14(21)9-26-15(22)12-7-11(20(24)25)5-6-13(12)19(3)4/h5-7,10H,8-9H2,1-4H3,(H2,17,18,21,23). The molecule has 0 aromatic heterocycles. The Labute approximate surface area is 150 Å². The Morgan fingerprint density at radius 3 is 2.46 bits per heavy atom. The molecular weight excluding hydrogens is 344 g/mol. The van der Waals surface area contributed by atoms with Crippen molar-refractivity contribution in [3.63, 3.8) is 0 Å². The number of esters is 1. The molecule has 0 unspecified atom stereocenters. The average molecular weight is 366 g/mol. The number of carbonyl (C=O) groups is 3. The van der Waals surface area contributed by atoms with E-state index in [1.54, 1.807) is 19.0 Å². The quantitative estimate of drug-likeness (QED) is 0.422. The number of carbonyl (C=O) groups excluding carboxylic acids is 3. The molecule has 0 bridgehead atoms. The van der Waals surface area contributed by atoms with E-state index in [0.29, 0.717) is 12.2 Å². The minimum absolute atomic E-state index is 0.0544. The number of urea groups is 1. The molecule has 0 saturated carbocycles. The normalized spacial score (nSPS) is 10.2. The Morgan fingerprint density at radius 1 is 1.27 bits per heavy atom. The second-order valence-electron chi connectivity index (χ2n) is 6.08. The lowest BCUT2D eigenvalue weighted by Crippen LogP contribution is -2.42. The Morgan fingerprint density at radius 2 is 1.92 bits per heavy atom. The predicted octanol–water partition coefficient (Wildman–Crippen LogP) is 1.30. The van der Waals surface area contributed by atoms with Crippen LogP contribution in [0.25, 0.3) is 0 Å². The zero-order valence-electron chi connectivity index (χ0n) is 15.1. The summed E-state index contributed by atoms with van der Waals surface area (Å²) < 4.78 is 4.86. The first-order valence-corrected chi connectivity index (χ1v) is 7.82. The maximum absolute atomic E-state index is 12.2. The summed E-state index contributed by atoms with van der Waals surface area (Å²) in [6.07, 6.45) is 0. The lowest BCUT2D eigenvalue weighted by atomic mass is 10.1. The van der Waals surface area contributed by atoms with Crippen molar-refractivity contribution >= 4 is 29.3 Å². The van der Waals surface area contributed by atoms with Crippen molar-refractivity contribution in [2.24, 2.45) is 5.92 Å². The number of nitro benzene ring substituents is 1. The van der Waals surface area contributed by atoms with Crippen LogP contribution in [0.5, 0.6) is 0 Å². The summed E-state index contributed by atoms with van der Waals surface area (Å²) in [4.78, 5) is 47.2. The summed E-state index contributed by atoms with van der Waals surface area (Å²) in [5, 5.41) is 15.4. The van der Waals surface area contributed by atoms with Crippen LogP contribution < -0.4 is 15.5 Å². The van der Waals surface area contributed by atoms with Crippen LogP contribution in [-0.4, -0.2) is 50.1 Å². The van der Waals surface area contributed by atoms with Gasteiger partial charge in [0.2, 0.25) is 0 Å². The summed E-state index contributed by atoms with van der Waals surface area (Å²) in [5.41, 5.74) is 0.0667. The number of benzene rings is 1. The summed E-state index contributed by atoms with van der Waals surface area (Å²) in [5.74, 6) is -1.50. The van der Waals surface area contributed by atoms with Crippen LogP contribution in [0.15, 0.2) is 18.2 Å². The van der Waals surface area contributed by atoms with Gasteiger partial charge < -0.3 is 15.0 Å². The van der Waals surface area contributed by atoms with E-state index in [4.69, 9.17) is 4.74 Å². The van der Waals surface area contributed by atoms with E-state index >= 15 is 0 Å². The van der Waals surface area contributed by atoms with Gasteiger partial charge in [0.15, 0.2) is 6.61 Å². The topological polar surface area (TPSA) is 131 Å². The Balaban J connectivity index is 2.72. The molecule has 2 N–H and O–H groups in total. The number of non-ortho nitro benzene ring substituents is 1. The van der Waals surface area contributed by atoms with Gasteiger partial charge in [-0.2, -0.15) is 0 Å². The highest BCUT2D eigenvalue weighted by Gasteiger charge is 2.20. The van der Waals surface area contributed by atoms with Crippen molar-refractivity contribution in [1.82, 2.24) is 10.6 Å². The van der Waals surface area contributed by atoms with Crippen LogP contribution >= 0.6 is 0 Å². The van der Waals surface area contributed by atoms with E-state index in [1.165, 1.54) is 12.1 Å². The lowest BCUT2D eigenvalue weighted by molar-refractivity contribution is -0.384. The summed E-state index contributed by atoms with van der Waals surface area (Å²) in [7, 11) is 3.31. The van der Waals surface area contributed by atoms with Gasteiger partial charge in [0.1, 0.15) is 0 Å². The molecule has 1 aromatic carbocycles. The zero-order chi connectivity index (χ0) is 19.9. The van der Waals surface area contributed by atoms with Gasteiger partial charge in [-0.1, -0.05) is 13.8 Å². The van der Waals surface area contributed by atoms with Crippen molar-refractivity contribution in [1.29, 1.82) is 0 Å². The molecule has 3 amide bonds. The zero-order valence-corrected chi connectivity index (χ0v) is 15.1. The molecule has 0 aliphatic carbocycles. The number of hydrogen-bond donors (Lipinski definition) is 2. The monoisotopic (exact) mass is 366 g/mol. The molecule has 0 radical (unpaired) electrons. The average Bonchev–Trinajstić information content (AvgIpc) is 2.57. The van der Waals surface area contributed by atoms with Crippen LogP contribution in [0.4, 0.5) is 16.2 Å². The minimum Gasteiger partial charge on any atom is -0.452 e. The molecule has 0 heterocycles. The van der Waals surface area contributed by atoms with Gasteiger partial charge in [-0.25, -0.2) is 9.59 Å². The summed E-state index contributed by atoms with van der Waals surface area (Å²) in [6, 6.07) is 3.06. The summed E-state index contributed by atoms with van der Waals surface area (Å²) in [6.45, 7) is 3.48. The number of ether oxygens (including phenoxy) is 1. The molecule has 10 heteroatoms. The van der Waals surface area contributed by atoms with Gasteiger partial charge in [0.25, 0.3) is 11.6 Å².